The summed E-state index contributed by atoms with van der Waals surface area (Å²) in [6.45, 7) is 4.08. The minimum atomic E-state index is -0.279. The van der Waals surface area contributed by atoms with Gasteiger partial charge in [0.15, 0.2) is 0 Å². The van der Waals surface area contributed by atoms with E-state index in [-0.39, 0.29) is 5.91 Å². The molecule has 2 N–H and O–H groups in total. The molecule has 3 aromatic rings. The third-order valence-corrected chi connectivity index (χ3v) is 4.04. The van der Waals surface area contributed by atoms with Crippen LogP contribution in [0, 0.1) is 13.8 Å². The van der Waals surface area contributed by atoms with Crippen molar-refractivity contribution in [3.63, 3.8) is 0 Å². The van der Waals surface area contributed by atoms with Gasteiger partial charge in [0.25, 0.3) is 5.91 Å². The molecule has 1 heterocycles. The summed E-state index contributed by atoms with van der Waals surface area (Å²) in [6, 6.07) is 15.4. The Kier molecular flexibility index (Phi) is 5.35. The highest BCUT2D eigenvalue weighted by atomic mass is 16.1. The van der Waals surface area contributed by atoms with Gasteiger partial charge < -0.3 is 15.5 Å². The second-order valence-corrected chi connectivity index (χ2v) is 6.69. The lowest BCUT2D eigenvalue weighted by atomic mass is 10.1. The number of nitrogens with one attached hydrogen (secondary N) is 2. The summed E-state index contributed by atoms with van der Waals surface area (Å²) in [5, 5.41) is 6.09. The van der Waals surface area contributed by atoms with Crippen LogP contribution in [0.15, 0.2) is 54.9 Å². The summed E-state index contributed by atoms with van der Waals surface area (Å²) in [5.74, 6) is 0.293. The Hall–Kier alpha value is -3.41. The summed E-state index contributed by atoms with van der Waals surface area (Å²) in [4.78, 5) is 22.8. The van der Waals surface area contributed by atoms with E-state index < -0.39 is 0 Å². The highest BCUT2D eigenvalue weighted by Crippen LogP contribution is 2.19. The number of carbonyl (C=O) groups is 1. The number of aromatic nitrogens is 2. The number of aryl methyl sites for hydroxylation is 2. The zero-order valence-electron chi connectivity index (χ0n) is 15.9. The summed E-state index contributed by atoms with van der Waals surface area (Å²) in [7, 11) is 3.94. The number of hydrogen-bond acceptors (Lipinski definition) is 5. The van der Waals surface area contributed by atoms with E-state index in [1.54, 1.807) is 6.07 Å². The van der Waals surface area contributed by atoms with Crippen LogP contribution < -0.4 is 15.5 Å². The highest BCUT2D eigenvalue weighted by molar-refractivity contribution is 6.03. The first-order valence-electron chi connectivity index (χ1n) is 8.67. The fourth-order valence-corrected chi connectivity index (χ4v) is 2.78. The molecule has 0 aliphatic rings. The summed E-state index contributed by atoms with van der Waals surface area (Å²) >= 11 is 0. The maximum Gasteiger partial charge on any atom is 0.274 e. The Balaban J connectivity index is 1.73. The van der Waals surface area contributed by atoms with Crippen LogP contribution >= 0.6 is 0 Å². The van der Waals surface area contributed by atoms with Crippen molar-refractivity contribution >= 4 is 28.8 Å². The van der Waals surface area contributed by atoms with Crippen molar-refractivity contribution in [3.05, 3.63) is 71.7 Å². The van der Waals surface area contributed by atoms with Crippen molar-refractivity contribution in [2.24, 2.45) is 0 Å². The van der Waals surface area contributed by atoms with E-state index in [1.165, 1.54) is 6.33 Å². The fourth-order valence-electron chi connectivity index (χ4n) is 2.78. The Bertz CT molecular complexity index is 931. The number of nitrogens with zero attached hydrogens (tertiary/aromatic N) is 3. The maximum absolute atomic E-state index is 12.5. The average Bonchev–Trinajstić information content (AvgIpc) is 2.61. The highest BCUT2D eigenvalue weighted by Gasteiger charge is 2.10. The van der Waals surface area contributed by atoms with E-state index in [0.29, 0.717) is 17.2 Å². The number of carbonyl (C=O) groups excluding carboxylic acids is 1. The van der Waals surface area contributed by atoms with Crippen molar-refractivity contribution in [2.75, 3.05) is 29.6 Å². The molecule has 0 bridgehead atoms. The fraction of sp³-hybridized carbons (Fsp3) is 0.190. The van der Waals surface area contributed by atoms with E-state index in [9.17, 15) is 4.79 Å². The normalized spacial score (nSPS) is 10.4. The van der Waals surface area contributed by atoms with Gasteiger partial charge in [-0.25, -0.2) is 9.97 Å². The molecule has 0 spiro atoms. The van der Waals surface area contributed by atoms with Crippen molar-refractivity contribution < 1.29 is 4.79 Å². The molecule has 1 aromatic heterocycles. The third-order valence-electron chi connectivity index (χ3n) is 4.04. The van der Waals surface area contributed by atoms with Gasteiger partial charge in [0.05, 0.1) is 0 Å². The van der Waals surface area contributed by atoms with Crippen LogP contribution in [0.5, 0.6) is 0 Å². The smallest absolute Gasteiger partial charge is 0.274 e. The topological polar surface area (TPSA) is 70.2 Å². The van der Waals surface area contributed by atoms with Crippen molar-refractivity contribution in [1.82, 2.24) is 9.97 Å². The van der Waals surface area contributed by atoms with Gasteiger partial charge in [0.2, 0.25) is 0 Å². The van der Waals surface area contributed by atoms with E-state index in [4.69, 9.17) is 0 Å². The van der Waals surface area contributed by atoms with Crippen LogP contribution in [-0.2, 0) is 0 Å². The van der Waals surface area contributed by atoms with Crippen LogP contribution in [0.2, 0.25) is 0 Å². The molecular formula is C21H23N5O. The van der Waals surface area contributed by atoms with E-state index in [1.807, 2.05) is 69.2 Å². The Morgan fingerprint density at radius 1 is 0.889 bits per heavy atom. The Morgan fingerprint density at radius 2 is 1.56 bits per heavy atom. The van der Waals surface area contributed by atoms with Crippen molar-refractivity contribution in [3.8, 4) is 0 Å². The van der Waals surface area contributed by atoms with E-state index >= 15 is 0 Å². The maximum atomic E-state index is 12.5. The van der Waals surface area contributed by atoms with Crippen LogP contribution in [0.4, 0.5) is 22.9 Å². The lowest BCUT2D eigenvalue weighted by Gasteiger charge is -2.13. The summed E-state index contributed by atoms with van der Waals surface area (Å²) in [6.07, 6.45) is 1.38. The lowest BCUT2D eigenvalue weighted by molar-refractivity contribution is 0.102. The van der Waals surface area contributed by atoms with Crippen LogP contribution in [0.3, 0.4) is 0 Å². The molecule has 0 fully saturated rings. The van der Waals surface area contributed by atoms with Crippen LogP contribution in [-0.4, -0.2) is 30.0 Å². The molecule has 0 aliphatic heterocycles. The number of hydrogen-bond donors (Lipinski definition) is 2. The number of amides is 1. The summed E-state index contributed by atoms with van der Waals surface area (Å²) < 4.78 is 0. The second-order valence-electron chi connectivity index (χ2n) is 6.69. The predicted molar refractivity (Wildman–Crippen MR) is 110 cm³/mol. The first-order valence-corrected chi connectivity index (χ1v) is 8.67. The predicted octanol–water partition coefficient (Wildman–Crippen LogP) is 4.16. The van der Waals surface area contributed by atoms with Gasteiger partial charge in [-0.3, -0.25) is 4.79 Å². The number of anilines is 4. The Labute approximate surface area is 159 Å². The molecule has 138 valence electrons. The Morgan fingerprint density at radius 3 is 2.19 bits per heavy atom. The molecular weight excluding hydrogens is 338 g/mol. The van der Waals surface area contributed by atoms with Gasteiger partial charge in [0, 0.05) is 37.2 Å². The van der Waals surface area contributed by atoms with Gasteiger partial charge in [-0.15, -0.1) is 0 Å². The molecule has 0 radical (unpaired) electrons. The molecule has 2 aromatic carbocycles. The third kappa shape index (κ3) is 4.82. The monoisotopic (exact) mass is 361 g/mol. The zero-order chi connectivity index (χ0) is 19.4. The largest absolute Gasteiger partial charge is 0.378 e. The average molecular weight is 361 g/mol. The quantitative estimate of drug-likeness (QED) is 0.714. The first kappa shape index (κ1) is 18.4. The molecule has 1 amide bonds. The van der Waals surface area contributed by atoms with Gasteiger partial charge in [-0.05, 0) is 61.4 Å². The molecule has 6 heteroatoms. The number of rotatable bonds is 5. The van der Waals surface area contributed by atoms with Gasteiger partial charge in [-0.1, -0.05) is 6.07 Å². The van der Waals surface area contributed by atoms with E-state index in [0.717, 1.165) is 22.5 Å². The molecule has 0 saturated heterocycles. The van der Waals surface area contributed by atoms with Gasteiger partial charge in [0.1, 0.15) is 17.8 Å². The van der Waals surface area contributed by atoms with Gasteiger partial charge >= 0.3 is 0 Å². The molecule has 0 saturated carbocycles. The van der Waals surface area contributed by atoms with Crippen LogP contribution in [0.1, 0.15) is 21.6 Å². The summed E-state index contributed by atoms with van der Waals surface area (Å²) in [5.41, 5.74) is 5.32. The standard InChI is InChI=1S/C21H23N5O/c1-14-9-15(2)11-17(10-14)24-20-12-19(22-13-23-20)21(27)25-16-5-7-18(8-6-16)26(3)4/h5-13H,1-4H3,(H,25,27)(H,22,23,24). The van der Waals surface area contributed by atoms with Gasteiger partial charge in [-0.2, -0.15) is 0 Å². The minimum Gasteiger partial charge on any atom is -0.378 e. The first-order chi connectivity index (χ1) is 12.9. The van der Waals surface area contributed by atoms with Crippen molar-refractivity contribution in [1.29, 1.82) is 0 Å². The SMILES string of the molecule is Cc1cc(C)cc(Nc2cc(C(=O)Nc3ccc(N(C)C)cc3)ncn2)c1. The molecule has 0 atom stereocenters. The minimum absolute atomic E-state index is 0.279. The number of benzene rings is 2. The van der Waals surface area contributed by atoms with Crippen LogP contribution in [0.25, 0.3) is 0 Å². The second kappa shape index (κ2) is 7.86. The van der Waals surface area contributed by atoms with Crippen molar-refractivity contribution in [2.45, 2.75) is 13.8 Å². The molecule has 6 nitrogen and oxygen atoms in total. The lowest BCUT2D eigenvalue weighted by Crippen LogP contribution is -2.14. The zero-order valence-corrected chi connectivity index (χ0v) is 15.9. The molecule has 3 rings (SSSR count). The molecule has 27 heavy (non-hydrogen) atoms. The molecule has 0 aliphatic carbocycles. The van der Waals surface area contributed by atoms with E-state index in [2.05, 4.69) is 26.7 Å². The molecule has 0 unspecified atom stereocenters.